The Kier molecular flexibility index (Phi) is 7.89. The van der Waals surface area contributed by atoms with Crippen LogP contribution in [0.1, 0.15) is 16.7 Å². The van der Waals surface area contributed by atoms with Crippen molar-refractivity contribution in [3.8, 4) is 0 Å². The first-order valence-electron chi connectivity index (χ1n) is 9.29. The second-order valence-electron chi connectivity index (χ2n) is 6.98. The van der Waals surface area contributed by atoms with Crippen LogP contribution in [0.3, 0.4) is 0 Å². The molecule has 3 nitrogen and oxygen atoms in total. The molecular weight excluding hydrogens is 584 g/mol. The van der Waals surface area contributed by atoms with E-state index >= 15 is 0 Å². The van der Waals surface area contributed by atoms with Crippen molar-refractivity contribution < 1.29 is 80.6 Å². The van der Waals surface area contributed by atoms with E-state index in [2.05, 4.69) is 4.65 Å². The van der Waals surface area contributed by atoms with Crippen LogP contribution in [0.15, 0.2) is 0 Å². The molecule has 0 spiro atoms. The predicted molar refractivity (Wildman–Crippen MR) is 95.9 cm³/mol. The monoisotopic (exact) mass is 586 g/mol. The minimum atomic E-state index is -3.65. The molecule has 0 atom stereocenters. The Morgan fingerprint density at radius 2 is 0.564 bits per heavy atom. The minimum absolute atomic E-state index is 2.73. The highest BCUT2D eigenvalue weighted by Crippen LogP contribution is 2.43. The highest BCUT2D eigenvalue weighted by molar-refractivity contribution is 6.35. The normalized spacial score (nSPS) is 11.2. The molecule has 0 saturated carbocycles. The highest BCUT2D eigenvalue weighted by Gasteiger charge is 2.40. The van der Waals surface area contributed by atoms with Gasteiger partial charge in [0.2, 0.25) is 17.5 Å². The third-order valence-electron chi connectivity index (χ3n) is 4.81. The van der Waals surface area contributed by atoms with E-state index in [4.69, 9.17) is 10.0 Å². The zero-order chi connectivity index (χ0) is 29.8. The molecule has 39 heavy (non-hydrogen) atoms. The lowest BCUT2D eigenvalue weighted by Crippen LogP contribution is -2.21. The van der Waals surface area contributed by atoms with Crippen molar-refractivity contribution in [3.05, 3.63) is 104 Å². The summed E-state index contributed by atoms with van der Waals surface area (Å²) in [4.78, 5) is 0. The van der Waals surface area contributed by atoms with Gasteiger partial charge in [0.25, 0.3) is 0 Å². The Labute approximate surface area is 204 Å². The maximum Gasteiger partial charge on any atom is 0.707 e. The first-order chi connectivity index (χ1) is 18.0. The van der Waals surface area contributed by atoms with Gasteiger partial charge in [-0.15, -0.1) is 0 Å². The molecule has 0 fully saturated rings. The van der Waals surface area contributed by atoms with Gasteiger partial charge >= 0.3 is 7.32 Å². The van der Waals surface area contributed by atoms with E-state index < -0.39 is 123 Å². The standard InChI is InChI=1S/C20H2BF15O3/c22-5-2(6(23)12(29)17(34)11(5)28)1(3-7(24)13(30)18(35)14(31)8(3)25)20(39-21(37)38)4-9(26)15(32)19(36)16(33)10(4)27/h37-38H. The number of hydrogen-bond acceptors (Lipinski definition) is 3. The molecule has 3 aromatic carbocycles. The molecule has 0 aliphatic heterocycles. The smallest absolute Gasteiger partial charge is 0.511 e. The van der Waals surface area contributed by atoms with Gasteiger partial charge in [-0.05, 0) is 0 Å². The second-order valence-corrected chi connectivity index (χ2v) is 6.98. The van der Waals surface area contributed by atoms with E-state index in [0.29, 0.717) is 0 Å². The van der Waals surface area contributed by atoms with Crippen LogP contribution in [-0.2, 0) is 4.65 Å². The Hall–Kier alpha value is -3.87. The fourth-order valence-corrected chi connectivity index (χ4v) is 3.15. The van der Waals surface area contributed by atoms with Crippen molar-refractivity contribution in [2.75, 3.05) is 0 Å². The highest BCUT2D eigenvalue weighted by atomic mass is 19.2. The Morgan fingerprint density at radius 1 is 0.359 bits per heavy atom. The van der Waals surface area contributed by atoms with E-state index in [9.17, 15) is 65.9 Å². The molecular formula is C20H2BF15O3. The lowest BCUT2D eigenvalue weighted by molar-refractivity contribution is 0.268. The van der Waals surface area contributed by atoms with Gasteiger partial charge in [-0.25, -0.2) is 65.9 Å². The van der Waals surface area contributed by atoms with E-state index in [0.717, 1.165) is 0 Å². The van der Waals surface area contributed by atoms with Crippen molar-refractivity contribution in [1.82, 2.24) is 0 Å². The molecule has 0 unspecified atom stereocenters. The van der Waals surface area contributed by atoms with Crippen LogP contribution in [0.5, 0.6) is 0 Å². The zero-order valence-electron chi connectivity index (χ0n) is 17.5. The van der Waals surface area contributed by atoms with Gasteiger partial charge in [-0.3, -0.25) is 0 Å². The van der Waals surface area contributed by atoms with Crippen LogP contribution in [0, 0.1) is 87.3 Å². The van der Waals surface area contributed by atoms with Gasteiger partial charge in [-0.1, -0.05) is 0 Å². The largest absolute Gasteiger partial charge is 0.707 e. The third-order valence-corrected chi connectivity index (χ3v) is 4.81. The van der Waals surface area contributed by atoms with Gasteiger partial charge in [0, 0.05) is 5.57 Å². The quantitative estimate of drug-likeness (QED) is 0.101. The van der Waals surface area contributed by atoms with Crippen LogP contribution in [0.2, 0.25) is 0 Å². The van der Waals surface area contributed by atoms with E-state index in [-0.39, 0.29) is 0 Å². The zero-order valence-corrected chi connectivity index (χ0v) is 17.5. The molecule has 0 radical (unpaired) electrons. The average molecular weight is 586 g/mol. The molecule has 3 rings (SSSR count). The molecule has 3 aromatic rings. The van der Waals surface area contributed by atoms with E-state index in [1.807, 2.05) is 0 Å². The summed E-state index contributed by atoms with van der Waals surface area (Å²) in [5, 5.41) is 18.2. The van der Waals surface area contributed by atoms with E-state index in [1.54, 1.807) is 0 Å². The Balaban J connectivity index is 2.84. The van der Waals surface area contributed by atoms with Gasteiger partial charge < -0.3 is 14.7 Å². The number of rotatable bonds is 5. The van der Waals surface area contributed by atoms with Crippen molar-refractivity contribution in [2.24, 2.45) is 0 Å². The van der Waals surface area contributed by atoms with Crippen molar-refractivity contribution >= 4 is 18.7 Å². The summed E-state index contributed by atoms with van der Waals surface area (Å²) in [6.07, 6.45) is 0. The third kappa shape index (κ3) is 4.54. The van der Waals surface area contributed by atoms with Gasteiger partial charge in [-0.2, -0.15) is 0 Å². The summed E-state index contributed by atoms with van der Waals surface area (Å²) >= 11 is 0. The second kappa shape index (κ2) is 10.4. The lowest BCUT2D eigenvalue weighted by Gasteiger charge is -2.21. The molecule has 0 aromatic heterocycles. The van der Waals surface area contributed by atoms with Crippen LogP contribution in [0.25, 0.3) is 11.3 Å². The van der Waals surface area contributed by atoms with Crippen LogP contribution in [0.4, 0.5) is 65.9 Å². The van der Waals surface area contributed by atoms with Crippen LogP contribution >= 0.6 is 0 Å². The number of benzene rings is 3. The molecule has 2 N–H and O–H groups in total. The lowest BCUT2D eigenvalue weighted by atomic mass is 9.90. The van der Waals surface area contributed by atoms with Gasteiger partial charge in [0.1, 0.15) is 5.76 Å². The predicted octanol–water partition coefficient (Wildman–Crippen LogP) is 5.68. The van der Waals surface area contributed by atoms with E-state index in [1.165, 1.54) is 0 Å². The van der Waals surface area contributed by atoms with Gasteiger partial charge in [0.05, 0.1) is 16.7 Å². The molecule has 0 heterocycles. The molecule has 0 amide bonds. The Bertz CT molecular complexity index is 1410. The number of hydrogen-bond donors (Lipinski definition) is 2. The number of halogens is 15. The summed E-state index contributed by atoms with van der Waals surface area (Å²) in [6.45, 7) is 0. The van der Waals surface area contributed by atoms with Gasteiger partial charge in [0.15, 0.2) is 69.8 Å². The maximum atomic E-state index is 14.7. The fourth-order valence-electron chi connectivity index (χ4n) is 3.15. The molecule has 19 heteroatoms. The average Bonchev–Trinajstić information content (AvgIpc) is 2.89. The van der Waals surface area contributed by atoms with Crippen LogP contribution in [-0.4, -0.2) is 17.4 Å². The molecule has 0 saturated heterocycles. The molecule has 0 aliphatic carbocycles. The topological polar surface area (TPSA) is 49.7 Å². The molecule has 0 aliphatic rings. The summed E-state index contributed by atoms with van der Waals surface area (Å²) in [7, 11) is -3.65. The molecule has 0 bridgehead atoms. The first kappa shape index (κ1) is 29.7. The van der Waals surface area contributed by atoms with Crippen molar-refractivity contribution in [3.63, 3.8) is 0 Å². The fraction of sp³-hybridized carbons (Fsp3) is 0. The SMILES string of the molecule is OB(O)OC(=C(c1c(F)c(F)c(F)c(F)c1F)c1c(F)c(F)c(F)c(F)c1F)c1c(F)c(F)c(F)c(F)c1F. The summed E-state index contributed by atoms with van der Waals surface area (Å²) < 4.78 is 216. The molecule has 208 valence electrons. The summed E-state index contributed by atoms with van der Waals surface area (Å²) in [5.74, 6) is -49.0. The maximum absolute atomic E-state index is 14.7. The van der Waals surface area contributed by atoms with Crippen molar-refractivity contribution in [1.29, 1.82) is 0 Å². The van der Waals surface area contributed by atoms with Crippen LogP contribution < -0.4 is 0 Å². The van der Waals surface area contributed by atoms with Crippen molar-refractivity contribution in [2.45, 2.75) is 0 Å². The Morgan fingerprint density at radius 3 is 0.795 bits per heavy atom. The summed E-state index contributed by atoms with van der Waals surface area (Å²) in [6, 6.07) is 0. The minimum Gasteiger partial charge on any atom is -0.511 e. The summed E-state index contributed by atoms with van der Waals surface area (Å²) in [5.41, 5.74) is -11.2. The first-order valence-corrected chi connectivity index (χ1v) is 9.29.